The lowest BCUT2D eigenvalue weighted by Crippen LogP contribution is -2.52. The molecule has 0 bridgehead atoms. The van der Waals surface area contributed by atoms with E-state index in [1.165, 1.54) is 0 Å². The Bertz CT molecular complexity index is 701. The second kappa shape index (κ2) is 7.05. The third kappa shape index (κ3) is 2.94. The summed E-state index contributed by atoms with van der Waals surface area (Å²) in [6.45, 7) is 5.86. The highest BCUT2D eigenvalue weighted by Crippen LogP contribution is 2.14. The zero-order chi connectivity index (χ0) is 16.1. The van der Waals surface area contributed by atoms with Crippen molar-refractivity contribution < 1.29 is 9.82 Å². The number of amides is 1. The van der Waals surface area contributed by atoms with Gasteiger partial charge in [-0.2, -0.15) is 5.10 Å². The molecule has 4 nitrogen and oxygen atoms in total. The predicted molar refractivity (Wildman–Crippen MR) is 90.3 cm³/mol. The van der Waals surface area contributed by atoms with E-state index in [0.29, 0.717) is 11.0 Å². The maximum atomic E-state index is 12.5. The number of hydrazone groups is 1. The molecule has 1 heterocycles. The van der Waals surface area contributed by atoms with Crippen LogP contribution in [-0.4, -0.2) is 29.1 Å². The first-order valence-electron chi connectivity index (χ1n) is 7.38. The Balaban J connectivity index is 0.000000847. The highest BCUT2D eigenvalue weighted by molar-refractivity contribution is 6.68. The predicted octanol–water partition coefficient (Wildman–Crippen LogP) is 2.20. The van der Waals surface area contributed by atoms with E-state index >= 15 is 0 Å². The third-order valence-electron chi connectivity index (χ3n) is 3.41. The van der Waals surface area contributed by atoms with E-state index in [2.05, 4.69) is 5.10 Å². The lowest BCUT2D eigenvalue weighted by molar-refractivity contribution is 0.0845. The van der Waals surface area contributed by atoms with Crippen LogP contribution in [-0.2, 0) is 0 Å². The second-order valence-corrected chi connectivity index (χ2v) is 4.71. The molecule has 0 aliphatic carbocycles. The number of carbonyl (C=O) groups is 1. The van der Waals surface area contributed by atoms with Gasteiger partial charge in [0.05, 0.1) is 6.21 Å². The molecule has 1 aliphatic rings. The molecule has 0 atom stereocenters. The first-order valence-corrected chi connectivity index (χ1v) is 7.38. The van der Waals surface area contributed by atoms with Crippen LogP contribution in [0.1, 0.15) is 35.3 Å². The van der Waals surface area contributed by atoms with E-state index in [1.54, 1.807) is 24.4 Å². The minimum atomic E-state index is -1.05. The Morgan fingerprint density at radius 3 is 2.45 bits per heavy atom. The van der Waals surface area contributed by atoms with E-state index in [0.717, 1.165) is 16.0 Å². The van der Waals surface area contributed by atoms with Crippen molar-refractivity contribution in [2.45, 2.75) is 20.8 Å². The molecule has 1 amide bonds. The number of rotatable bonds is 1. The minimum Gasteiger partial charge on any atom is -0.427 e. The number of hydrogen-bond acceptors (Lipinski definition) is 3. The molecule has 0 fully saturated rings. The minimum absolute atomic E-state index is 0.304. The first-order chi connectivity index (χ1) is 10.7. The molecule has 0 spiro atoms. The van der Waals surface area contributed by atoms with E-state index in [4.69, 9.17) is 0 Å². The molecule has 0 aromatic heterocycles. The van der Waals surface area contributed by atoms with Crippen molar-refractivity contribution in [2.24, 2.45) is 5.10 Å². The monoisotopic (exact) mass is 294 g/mol. The van der Waals surface area contributed by atoms with Gasteiger partial charge in [0, 0.05) is 5.56 Å². The molecule has 0 radical (unpaired) electrons. The van der Waals surface area contributed by atoms with Gasteiger partial charge in [-0.05, 0) is 29.6 Å². The highest BCUT2D eigenvalue weighted by atomic mass is 16.2. The maximum absolute atomic E-state index is 12.5. The van der Waals surface area contributed by atoms with Gasteiger partial charge in [0.25, 0.3) is 5.91 Å². The molecule has 2 aromatic rings. The molecule has 112 valence electrons. The molecule has 5 heteroatoms. The molecule has 1 aliphatic heterocycles. The van der Waals surface area contributed by atoms with Gasteiger partial charge < -0.3 is 5.02 Å². The summed E-state index contributed by atoms with van der Waals surface area (Å²) in [5, 5.41) is 14.4. The quantitative estimate of drug-likeness (QED) is 0.820. The van der Waals surface area contributed by atoms with Crippen LogP contribution in [0.4, 0.5) is 0 Å². The van der Waals surface area contributed by atoms with Crippen LogP contribution < -0.4 is 5.46 Å². The highest BCUT2D eigenvalue weighted by Gasteiger charge is 2.34. The number of nitrogens with zero attached hydrogens (tertiary/aromatic N) is 2. The SMILES string of the molecule is CC.Cc1ccccc1C(=O)N1N=Cc2ccccc2B1O. The van der Waals surface area contributed by atoms with E-state index in [-0.39, 0.29) is 5.91 Å². The zero-order valence-electron chi connectivity index (χ0n) is 13.0. The van der Waals surface area contributed by atoms with Crippen molar-refractivity contribution in [2.75, 3.05) is 0 Å². The Labute approximate surface area is 131 Å². The van der Waals surface area contributed by atoms with Crippen molar-refractivity contribution in [1.29, 1.82) is 0 Å². The molecule has 3 rings (SSSR count). The molecule has 22 heavy (non-hydrogen) atoms. The Morgan fingerprint density at radius 2 is 1.73 bits per heavy atom. The van der Waals surface area contributed by atoms with Gasteiger partial charge in [-0.15, -0.1) is 0 Å². The summed E-state index contributed by atoms with van der Waals surface area (Å²) in [6, 6.07) is 14.6. The van der Waals surface area contributed by atoms with Crippen LogP contribution in [0.2, 0.25) is 0 Å². The normalized spacial score (nSPS) is 12.4. The van der Waals surface area contributed by atoms with Crippen LogP contribution in [0.15, 0.2) is 53.6 Å². The molecular formula is C17H19BN2O2. The maximum Gasteiger partial charge on any atom is 0.474 e. The van der Waals surface area contributed by atoms with Crippen molar-refractivity contribution in [3.63, 3.8) is 0 Å². The fourth-order valence-electron chi connectivity index (χ4n) is 2.28. The van der Waals surface area contributed by atoms with Gasteiger partial charge in [-0.1, -0.05) is 56.3 Å². The second-order valence-electron chi connectivity index (χ2n) is 4.71. The van der Waals surface area contributed by atoms with Crippen molar-refractivity contribution >= 4 is 24.6 Å². The summed E-state index contributed by atoms with van der Waals surface area (Å²) in [4.78, 5) is 13.6. The smallest absolute Gasteiger partial charge is 0.427 e. The van der Waals surface area contributed by atoms with Crippen LogP contribution in [0.3, 0.4) is 0 Å². The Hall–Kier alpha value is -2.40. The summed E-state index contributed by atoms with van der Waals surface area (Å²) < 4.78 is 0. The lowest BCUT2D eigenvalue weighted by atomic mass is 9.69. The molecular weight excluding hydrogens is 275 g/mol. The molecule has 0 saturated heterocycles. The van der Waals surface area contributed by atoms with Crippen LogP contribution in [0.25, 0.3) is 0 Å². The number of aryl methyl sites for hydroxylation is 1. The standard InChI is InChI=1S/C15H13BN2O2.C2H6/c1-11-6-2-4-8-13(11)15(19)18-16(20)14-9-5-3-7-12(14)10-17-18;1-2/h2-10,20H,1H3;1-2H3. The fourth-order valence-corrected chi connectivity index (χ4v) is 2.28. The van der Waals surface area contributed by atoms with Crippen LogP contribution >= 0.6 is 0 Å². The van der Waals surface area contributed by atoms with Crippen molar-refractivity contribution in [3.05, 3.63) is 65.2 Å². The Kier molecular flexibility index (Phi) is 5.12. The average molecular weight is 294 g/mol. The summed E-state index contributed by atoms with van der Waals surface area (Å²) >= 11 is 0. The van der Waals surface area contributed by atoms with Crippen LogP contribution in [0, 0.1) is 6.92 Å². The topological polar surface area (TPSA) is 52.9 Å². The first kappa shape index (κ1) is 16.0. The summed E-state index contributed by atoms with van der Waals surface area (Å²) in [7, 11) is -1.05. The molecule has 1 N–H and O–H groups in total. The largest absolute Gasteiger partial charge is 0.474 e. The lowest BCUT2D eigenvalue weighted by Gasteiger charge is -2.25. The molecule has 2 aromatic carbocycles. The summed E-state index contributed by atoms with van der Waals surface area (Å²) in [5.41, 5.74) is 2.92. The van der Waals surface area contributed by atoms with Gasteiger partial charge in [-0.3, -0.25) is 4.79 Å². The van der Waals surface area contributed by atoms with Crippen LogP contribution in [0.5, 0.6) is 0 Å². The average Bonchev–Trinajstić information content (AvgIpc) is 2.57. The van der Waals surface area contributed by atoms with E-state index < -0.39 is 7.05 Å². The number of benzene rings is 2. The number of carbonyl (C=O) groups excluding carboxylic acids is 1. The van der Waals surface area contributed by atoms with Gasteiger partial charge in [0.15, 0.2) is 0 Å². The van der Waals surface area contributed by atoms with Gasteiger partial charge in [0.2, 0.25) is 0 Å². The summed E-state index contributed by atoms with van der Waals surface area (Å²) in [5.74, 6) is -0.304. The fraction of sp³-hybridized carbons (Fsp3) is 0.176. The van der Waals surface area contributed by atoms with E-state index in [1.807, 2.05) is 51.1 Å². The number of fused-ring (bicyclic) bond motifs is 1. The van der Waals surface area contributed by atoms with E-state index in [9.17, 15) is 9.82 Å². The Morgan fingerprint density at radius 1 is 1.09 bits per heavy atom. The van der Waals surface area contributed by atoms with Crippen molar-refractivity contribution in [3.8, 4) is 0 Å². The zero-order valence-corrected chi connectivity index (χ0v) is 13.0. The van der Waals surface area contributed by atoms with Gasteiger partial charge >= 0.3 is 7.05 Å². The number of hydrogen-bond donors (Lipinski definition) is 1. The molecule has 0 saturated carbocycles. The summed E-state index contributed by atoms with van der Waals surface area (Å²) in [6.07, 6.45) is 1.60. The van der Waals surface area contributed by atoms with Gasteiger partial charge in [-0.25, -0.2) is 4.92 Å². The van der Waals surface area contributed by atoms with Gasteiger partial charge in [0.1, 0.15) is 0 Å². The third-order valence-corrected chi connectivity index (χ3v) is 3.41. The van der Waals surface area contributed by atoms with Crippen molar-refractivity contribution in [1.82, 2.24) is 4.92 Å². The molecule has 0 unspecified atom stereocenters.